The van der Waals surface area contributed by atoms with Crippen molar-refractivity contribution in [3.8, 4) is 11.5 Å². The second kappa shape index (κ2) is 9.06. The van der Waals surface area contributed by atoms with E-state index in [4.69, 9.17) is 9.47 Å². The standard InChI is InChI=1S/C26H22FNO4/c1-3-32-21-11-12-24-22(14-21)26(30)23(25(29)18-7-9-20(31-2)10-8-18)16-28(24)15-17-5-4-6-19(27)13-17/h4-14,16H,3,15H2,1-2H3. The molecule has 0 amide bonds. The van der Waals surface area contributed by atoms with Gasteiger partial charge in [0.1, 0.15) is 17.3 Å². The predicted molar refractivity (Wildman–Crippen MR) is 121 cm³/mol. The summed E-state index contributed by atoms with van der Waals surface area (Å²) >= 11 is 0. The van der Waals surface area contributed by atoms with E-state index in [-0.39, 0.29) is 16.8 Å². The largest absolute Gasteiger partial charge is 0.497 e. The highest BCUT2D eigenvalue weighted by Gasteiger charge is 2.18. The molecule has 1 aromatic heterocycles. The molecule has 5 nitrogen and oxygen atoms in total. The third-order valence-corrected chi connectivity index (χ3v) is 5.20. The molecule has 0 saturated heterocycles. The van der Waals surface area contributed by atoms with Crippen molar-refractivity contribution >= 4 is 16.7 Å². The lowest BCUT2D eigenvalue weighted by Crippen LogP contribution is -2.20. The number of hydrogen-bond acceptors (Lipinski definition) is 4. The normalized spacial score (nSPS) is 10.8. The van der Waals surface area contributed by atoms with E-state index in [1.807, 2.05) is 6.92 Å². The van der Waals surface area contributed by atoms with Crippen LogP contribution in [0.3, 0.4) is 0 Å². The number of pyridine rings is 1. The molecule has 6 heteroatoms. The maximum atomic E-state index is 13.7. The first-order valence-corrected chi connectivity index (χ1v) is 10.2. The van der Waals surface area contributed by atoms with Gasteiger partial charge in [-0.25, -0.2) is 4.39 Å². The van der Waals surface area contributed by atoms with Gasteiger partial charge < -0.3 is 14.0 Å². The third kappa shape index (κ3) is 4.25. The molecule has 0 radical (unpaired) electrons. The van der Waals surface area contributed by atoms with Crippen LogP contribution in [0.25, 0.3) is 10.9 Å². The molecule has 0 saturated carbocycles. The van der Waals surface area contributed by atoms with Gasteiger partial charge in [-0.2, -0.15) is 0 Å². The molecule has 0 unspecified atom stereocenters. The van der Waals surface area contributed by atoms with E-state index in [0.29, 0.717) is 46.7 Å². The first-order valence-electron chi connectivity index (χ1n) is 10.2. The van der Waals surface area contributed by atoms with Gasteiger partial charge in [-0.1, -0.05) is 12.1 Å². The van der Waals surface area contributed by atoms with Gasteiger partial charge >= 0.3 is 0 Å². The summed E-state index contributed by atoms with van der Waals surface area (Å²) in [6.07, 6.45) is 1.54. The van der Waals surface area contributed by atoms with E-state index in [9.17, 15) is 14.0 Å². The topological polar surface area (TPSA) is 57.5 Å². The Labute approximate surface area is 184 Å². The number of aromatic nitrogens is 1. The number of carbonyl (C=O) groups excluding carboxylic acids is 1. The van der Waals surface area contributed by atoms with Crippen molar-refractivity contribution in [1.82, 2.24) is 4.57 Å². The Morgan fingerprint density at radius 2 is 1.75 bits per heavy atom. The number of ketones is 1. The molecule has 0 aliphatic heterocycles. The molecule has 0 spiro atoms. The van der Waals surface area contributed by atoms with Gasteiger partial charge in [-0.15, -0.1) is 0 Å². The Hall–Kier alpha value is -3.93. The minimum Gasteiger partial charge on any atom is -0.497 e. The average Bonchev–Trinajstić information content (AvgIpc) is 2.81. The van der Waals surface area contributed by atoms with Gasteiger partial charge in [0.15, 0.2) is 5.78 Å². The van der Waals surface area contributed by atoms with Crippen LogP contribution in [0, 0.1) is 5.82 Å². The minimum absolute atomic E-state index is 0.0349. The van der Waals surface area contributed by atoms with Crippen LogP contribution in [0.4, 0.5) is 4.39 Å². The van der Waals surface area contributed by atoms with Crippen LogP contribution < -0.4 is 14.9 Å². The number of rotatable bonds is 7. The van der Waals surface area contributed by atoms with Crippen molar-refractivity contribution in [2.45, 2.75) is 13.5 Å². The van der Waals surface area contributed by atoms with Gasteiger partial charge in [-0.05, 0) is 67.1 Å². The highest BCUT2D eigenvalue weighted by Crippen LogP contribution is 2.22. The molecule has 4 rings (SSSR count). The van der Waals surface area contributed by atoms with Gasteiger partial charge in [0.2, 0.25) is 5.43 Å². The first-order chi connectivity index (χ1) is 15.5. The van der Waals surface area contributed by atoms with Gasteiger partial charge in [0.05, 0.1) is 30.2 Å². The molecule has 0 atom stereocenters. The van der Waals surface area contributed by atoms with Crippen LogP contribution in [-0.2, 0) is 6.54 Å². The Morgan fingerprint density at radius 1 is 1.00 bits per heavy atom. The van der Waals surface area contributed by atoms with Crippen LogP contribution in [0.1, 0.15) is 28.4 Å². The summed E-state index contributed by atoms with van der Waals surface area (Å²) in [6.45, 7) is 2.61. The molecule has 3 aromatic carbocycles. The molecule has 32 heavy (non-hydrogen) atoms. The summed E-state index contributed by atoms with van der Waals surface area (Å²) in [5.41, 5.74) is 1.38. The number of nitrogens with zero attached hydrogens (tertiary/aromatic N) is 1. The van der Waals surface area contributed by atoms with Crippen molar-refractivity contribution in [3.63, 3.8) is 0 Å². The monoisotopic (exact) mass is 431 g/mol. The van der Waals surface area contributed by atoms with E-state index in [1.165, 1.54) is 12.1 Å². The van der Waals surface area contributed by atoms with E-state index < -0.39 is 5.78 Å². The Balaban J connectivity index is 1.88. The lowest BCUT2D eigenvalue weighted by Gasteiger charge is -2.15. The summed E-state index contributed by atoms with van der Waals surface area (Å²) in [5, 5.41) is 0.367. The smallest absolute Gasteiger partial charge is 0.200 e. The molecule has 0 aliphatic carbocycles. The predicted octanol–water partition coefficient (Wildman–Crippen LogP) is 4.83. The fraction of sp³-hybridized carbons (Fsp3) is 0.154. The van der Waals surface area contributed by atoms with Crippen molar-refractivity contribution < 1.29 is 18.7 Å². The molecular weight excluding hydrogens is 409 g/mol. The number of fused-ring (bicyclic) bond motifs is 1. The molecule has 0 aliphatic rings. The number of methoxy groups -OCH3 is 1. The van der Waals surface area contributed by atoms with Crippen molar-refractivity contribution in [2.75, 3.05) is 13.7 Å². The molecule has 0 bridgehead atoms. The summed E-state index contributed by atoms with van der Waals surface area (Å²) in [5.74, 6) is 0.420. The Bertz CT molecular complexity index is 1340. The van der Waals surface area contributed by atoms with Crippen LogP contribution in [0.2, 0.25) is 0 Å². The summed E-state index contributed by atoms with van der Waals surface area (Å²) in [4.78, 5) is 26.5. The zero-order valence-corrected chi connectivity index (χ0v) is 17.8. The Morgan fingerprint density at radius 3 is 2.44 bits per heavy atom. The third-order valence-electron chi connectivity index (χ3n) is 5.20. The lowest BCUT2D eigenvalue weighted by atomic mass is 10.0. The minimum atomic E-state index is -0.394. The second-order valence-corrected chi connectivity index (χ2v) is 7.30. The lowest BCUT2D eigenvalue weighted by molar-refractivity contribution is 0.103. The van der Waals surface area contributed by atoms with Crippen LogP contribution in [0.15, 0.2) is 77.7 Å². The van der Waals surface area contributed by atoms with Gasteiger partial charge in [-0.3, -0.25) is 9.59 Å². The number of ether oxygens (including phenoxy) is 2. The van der Waals surface area contributed by atoms with Crippen LogP contribution in [-0.4, -0.2) is 24.1 Å². The van der Waals surface area contributed by atoms with E-state index in [2.05, 4.69) is 0 Å². The van der Waals surface area contributed by atoms with Gasteiger partial charge in [0, 0.05) is 18.3 Å². The molecule has 162 valence electrons. The first kappa shape index (κ1) is 21.3. The number of halogens is 1. The molecule has 1 heterocycles. The summed E-state index contributed by atoms with van der Waals surface area (Å²) < 4.78 is 26.2. The maximum absolute atomic E-state index is 13.7. The van der Waals surface area contributed by atoms with E-state index in [1.54, 1.807) is 72.5 Å². The summed E-state index contributed by atoms with van der Waals surface area (Å²) in [7, 11) is 1.54. The van der Waals surface area contributed by atoms with Crippen LogP contribution >= 0.6 is 0 Å². The van der Waals surface area contributed by atoms with Crippen molar-refractivity contribution in [2.24, 2.45) is 0 Å². The van der Waals surface area contributed by atoms with E-state index in [0.717, 1.165) is 0 Å². The zero-order chi connectivity index (χ0) is 22.7. The highest BCUT2D eigenvalue weighted by molar-refractivity contribution is 6.10. The molecule has 0 N–H and O–H groups in total. The molecular formula is C26H22FNO4. The fourth-order valence-corrected chi connectivity index (χ4v) is 3.66. The molecule has 0 fully saturated rings. The fourth-order valence-electron chi connectivity index (χ4n) is 3.66. The van der Waals surface area contributed by atoms with Crippen molar-refractivity contribution in [3.05, 3.63) is 106 Å². The highest BCUT2D eigenvalue weighted by atomic mass is 19.1. The Kier molecular flexibility index (Phi) is 6.03. The quantitative estimate of drug-likeness (QED) is 0.394. The average molecular weight is 431 g/mol. The maximum Gasteiger partial charge on any atom is 0.200 e. The van der Waals surface area contributed by atoms with E-state index >= 15 is 0 Å². The number of benzene rings is 3. The molecule has 4 aromatic rings. The SMILES string of the molecule is CCOc1ccc2c(c1)c(=O)c(C(=O)c1ccc(OC)cc1)cn2Cc1cccc(F)c1. The van der Waals surface area contributed by atoms with Gasteiger partial charge in [0.25, 0.3) is 0 Å². The number of carbonyl (C=O) groups is 1. The zero-order valence-electron chi connectivity index (χ0n) is 17.8. The second-order valence-electron chi connectivity index (χ2n) is 7.30. The van der Waals surface area contributed by atoms with Crippen LogP contribution in [0.5, 0.6) is 11.5 Å². The summed E-state index contributed by atoms with van der Waals surface area (Å²) in [6, 6.07) is 18.0. The van der Waals surface area contributed by atoms with Crippen molar-refractivity contribution in [1.29, 1.82) is 0 Å². The number of hydrogen-bond donors (Lipinski definition) is 0.